The van der Waals surface area contributed by atoms with Gasteiger partial charge in [0.2, 0.25) is 0 Å². The van der Waals surface area contributed by atoms with Gasteiger partial charge in [-0.25, -0.2) is 0 Å². The van der Waals surface area contributed by atoms with Gasteiger partial charge in [-0.2, -0.15) is 0 Å². The molecule has 1 atom stereocenters. The van der Waals surface area contributed by atoms with Crippen molar-refractivity contribution in [1.29, 1.82) is 0 Å². The largest absolute Gasteiger partial charge is 0.393 e. The highest BCUT2D eigenvalue weighted by molar-refractivity contribution is 4.42. The third kappa shape index (κ3) is 7.88. The standard InChI is InChI=1S/C6H14O3/c1-6(7)3-4-9-5-8-2/h6-7H,3-5H2,1-2H3. The number of aliphatic hydroxyl groups is 1. The molecule has 9 heavy (non-hydrogen) atoms. The second-order valence-corrected chi connectivity index (χ2v) is 1.95. The topological polar surface area (TPSA) is 38.7 Å². The van der Waals surface area contributed by atoms with Gasteiger partial charge >= 0.3 is 0 Å². The van der Waals surface area contributed by atoms with Crippen LogP contribution in [-0.2, 0) is 9.47 Å². The van der Waals surface area contributed by atoms with E-state index in [1.807, 2.05) is 0 Å². The Bertz CT molecular complexity index is 54.3. The normalized spacial score (nSPS) is 13.7. The smallest absolute Gasteiger partial charge is 0.146 e. The highest BCUT2D eigenvalue weighted by atomic mass is 16.7. The van der Waals surface area contributed by atoms with Crippen LogP contribution in [0.25, 0.3) is 0 Å². The van der Waals surface area contributed by atoms with Crippen LogP contribution < -0.4 is 0 Å². The summed E-state index contributed by atoms with van der Waals surface area (Å²) in [6.45, 7) is 2.61. The zero-order valence-corrected chi connectivity index (χ0v) is 5.96. The van der Waals surface area contributed by atoms with Crippen LogP contribution in [0.3, 0.4) is 0 Å². The Labute approximate surface area is 55.6 Å². The lowest BCUT2D eigenvalue weighted by Gasteiger charge is -2.03. The van der Waals surface area contributed by atoms with Crippen molar-refractivity contribution in [1.82, 2.24) is 0 Å². The maximum absolute atomic E-state index is 8.73. The zero-order chi connectivity index (χ0) is 7.11. The molecule has 0 saturated carbocycles. The Morgan fingerprint density at radius 1 is 1.56 bits per heavy atom. The molecule has 0 aliphatic carbocycles. The average Bonchev–Trinajstić information content (AvgIpc) is 1.80. The molecule has 0 bridgehead atoms. The molecule has 0 aliphatic heterocycles. The van der Waals surface area contributed by atoms with Gasteiger partial charge in [0.25, 0.3) is 0 Å². The molecule has 56 valence electrons. The third-order valence-corrected chi connectivity index (χ3v) is 0.881. The molecule has 0 spiro atoms. The van der Waals surface area contributed by atoms with E-state index in [0.29, 0.717) is 19.8 Å². The second-order valence-electron chi connectivity index (χ2n) is 1.95. The van der Waals surface area contributed by atoms with E-state index in [0.717, 1.165) is 0 Å². The van der Waals surface area contributed by atoms with Crippen LogP contribution in [0.15, 0.2) is 0 Å². The van der Waals surface area contributed by atoms with Gasteiger partial charge in [0.15, 0.2) is 0 Å². The summed E-state index contributed by atoms with van der Waals surface area (Å²) >= 11 is 0. The first-order valence-corrected chi connectivity index (χ1v) is 3.02. The van der Waals surface area contributed by atoms with Crippen LogP contribution in [0.1, 0.15) is 13.3 Å². The first-order chi connectivity index (χ1) is 4.27. The van der Waals surface area contributed by atoms with Crippen molar-refractivity contribution in [2.75, 3.05) is 20.5 Å². The van der Waals surface area contributed by atoms with Crippen LogP contribution in [0, 0.1) is 0 Å². The van der Waals surface area contributed by atoms with E-state index in [2.05, 4.69) is 4.74 Å². The molecular formula is C6H14O3. The second kappa shape index (κ2) is 6.01. The molecule has 0 saturated heterocycles. The van der Waals surface area contributed by atoms with Crippen molar-refractivity contribution in [3.05, 3.63) is 0 Å². The predicted octanol–water partition coefficient (Wildman–Crippen LogP) is 0.378. The summed E-state index contributed by atoms with van der Waals surface area (Å²) in [4.78, 5) is 0. The molecular weight excluding hydrogens is 120 g/mol. The van der Waals surface area contributed by atoms with Gasteiger partial charge in [-0.15, -0.1) is 0 Å². The van der Waals surface area contributed by atoms with Gasteiger partial charge < -0.3 is 14.6 Å². The maximum atomic E-state index is 8.73. The number of hydrogen-bond donors (Lipinski definition) is 1. The van der Waals surface area contributed by atoms with Gasteiger partial charge in [0.05, 0.1) is 12.7 Å². The molecule has 0 aliphatic rings. The van der Waals surface area contributed by atoms with Crippen molar-refractivity contribution in [2.45, 2.75) is 19.4 Å². The van der Waals surface area contributed by atoms with Crippen molar-refractivity contribution in [2.24, 2.45) is 0 Å². The van der Waals surface area contributed by atoms with Crippen molar-refractivity contribution in [3.63, 3.8) is 0 Å². The number of aliphatic hydroxyl groups excluding tert-OH is 1. The van der Waals surface area contributed by atoms with E-state index >= 15 is 0 Å². The Morgan fingerprint density at radius 3 is 2.67 bits per heavy atom. The minimum atomic E-state index is -0.276. The minimum Gasteiger partial charge on any atom is -0.393 e. The van der Waals surface area contributed by atoms with Gasteiger partial charge in [-0.3, -0.25) is 0 Å². The average molecular weight is 134 g/mol. The quantitative estimate of drug-likeness (QED) is 0.436. The SMILES string of the molecule is COCOCCC(C)O. The Hall–Kier alpha value is -0.120. The van der Waals surface area contributed by atoms with Gasteiger partial charge in [-0.1, -0.05) is 0 Å². The van der Waals surface area contributed by atoms with Gasteiger partial charge in [-0.05, 0) is 13.3 Å². The van der Waals surface area contributed by atoms with Crippen LogP contribution in [0.2, 0.25) is 0 Å². The summed E-state index contributed by atoms with van der Waals surface area (Å²) in [6, 6.07) is 0. The van der Waals surface area contributed by atoms with E-state index in [9.17, 15) is 0 Å². The number of rotatable bonds is 5. The van der Waals surface area contributed by atoms with E-state index < -0.39 is 0 Å². The Balaban J connectivity index is 2.75. The molecule has 0 aromatic carbocycles. The number of methoxy groups -OCH3 is 1. The molecule has 0 aromatic rings. The lowest BCUT2D eigenvalue weighted by molar-refractivity contribution is -0.0385. The summed E-state index contributed by atoms with van der Waals surface area (Å²) in [5.41, 5.74) is 0. The molecule has 0 fully saturated rings. The highest BCUT2D eigenvalue weighted by Crippen LogP contribution is 1.89. The molecule has 1 unspecified atom stereocenters. The van der Waals surface area contributed by atoms with Crippen LogP contribution in [0.4, 0.5) is 0 Å². The molecule has 1 N–H and O–H groups in total. The molecule has 3 heteroatoms. The Morgan fingerprint density at radius 2 is 2.22 bits per heavy atom. The lowest BCUT2D eigenvalue weighted by atomic mass is 10.3. The summed E-state index contributed by atoms with van der Waals surface area (Å²) in [5.74, 6) is 0. The first kappa shape index (κ1) is 8.88. The summed E-state index contributed by atoms with van der Waals surface area (Å²) in [5, 5.41) is 8.73. The van der Waals surface area contributed by atoms with E-state index in [-0.39, 0.29) is 6.10 Å². The summed E-state index contributed by atoms with van der Waals surface area (Å²) < 4.78 is 9.53. The summed E-state index contributed by atoms with van der Waals surface area (Å²) in [7, 11) is 1.57. The molecule has 3 nitrogen and oxygen atoms in total. The van der Waals surface area contributed by atoms with E-state index in [1.54, 1.807) is 14.0 Å². The fourth-order valence-electron chi connectivity index (χ4n) is 0.396. The number of hydrogen-bond acceptors (Lipinski definition) is 3. The fourth-order valence-corrected chi connectivity index (χ4v) is 0.396. The number of ether oxygens (including phenoxy) is 2. The van der Waals surface area contributed by atoms with Gasteiger partial charge in [0, 0.05) is 7.11 Å². The van der Waals surface area contributed by atoms with Crippen molar-refractivity contribution in [3.8, 4) is 0 Å². The first-order valence-electron chi connectivity index (χ1n) is 3.02. The maximum Gasteiger partial charge on any atom is 0.146 e. The van der Waals surface area contributed by atoms with Crippen LogP contribution >= 0.6 is 0 Å². The lowest BCUT2D eigenvalue weighted by Crippen LogP contribution is -2.06. The molecule has 0 rings (SSSR count). The van der Waals surface area contributed by atoms with Gasteiger partial charge in [0.1, 0.15) is 6.79 Å². The highest BCUT2D eigenvalue weighted by Gasteiger charge is 1.93. The van der Waals surface area contributed by atoms with Crippen molar-refractivity contribution < 1.29 is 14.6 Å². The minimum absolute atomic E-state index is 0.276. The molecule has 0 aromatic heterocycles. The predicted molar refractivity (Wildman–Crippen MR) is 34.1 cm³/mol. The summed E-state index contributed by atoms with van der Waals surface area (Å²) in [6.07, 6.45) is 0.394. The molecule has 0 amide bonds. The fraction of sp³-hybridized carbons (Fsp3) is 1.00. The van der Waals surface area contributed by atoms with Crippen LogP contribution in [-0.4, -0.2) is 31.7 Å². The van der Waals surface area contributed by atoms with Crippen LogP contribution in [0.5, 0.6) is 0 Å². The zero-order valence-electron chi connectivity index (χ0n) is 5.96. The van der Waals surface area contributed by atoms with E-state index in [4.69, 9.17) is 9.84 Å². The third-order valence-electron chi connectivity index (χ3n) is 0.881. The Kier molecular flexibility index (Phi) is 5.93. The monoisotopic (exact) mass is 134 g/mol. The molecule has 0 heterocycles. The van der Waals surface area contributed by atoms with Crippen molar-refractivity contribution >= 4 is 0 Å². The molecule has 0 radical (unpaired) electrons. The van der Waals surface area contributed by atoms with E-state index in [1.165, 1.54) is 0 Å².